The summed E-state index contributed by atoms with van der Waals surface area (Å²) in [6.07, 6.45) is 1.48. The van der Waals surface area contributed by atoms with Crippen molar-refractivity contribution in [3.05, 3.63) is 29.6 Å². The van der Waals surface area contributed by atoms with Gasteiger partial charge < -0.3 is 5.73 Å². The van der Waals surface area contributed by atoms with Crippen molar-refractivity contribution in [2.45, 2.75) is 37.6 Å². The van der Waals surface area contributed by atoms with E-state index in [4.69, 9.17) is 5.73 Å². The van der Waals surface area contributed by atoms with Crippen LogP contribution in [0.2, 0.25) is 0 Å². The average molecular weight is 274 g/mol. The van der Waals surface area contributed by atoms with Gasteiger partial charge in [0.25, 0.3) is 0 Å². The molecule has 0 fully saturated rings. The minimum atomic E-state index is -3.70. The van der Waals surface area contributed by atoms with Crippen LogP contribution in [0.1, 0.15) is 25.3 Å². The summed E-state index contributed by atoms with van der Waals surface area (Å²) in [6.45, 7) is 3.75. The molecule has 0 aliphatic carbocycles. The first-order chi connectivity index (χ1) is 8.40. The molecule has 0 saturated carbocycles. The van der Waals surface area contributed by atoms with Gasteiger partial charge in [-0.25, -0.2) is 17.5 Å². The fraction of sp³-hybridized carbons (Fsp3) is 0.500. The smallest absolute Gasteiger partial charge is 0.240 e. The molecule has 1 aromatic carbocycles. The molecule has 0 spiro atoms. The van der Waals surface area contributed by atoms with Crippen molar-refractivity contribution in [3.63, 3.8) is 0 Å². The van der Waals surface area contributed by atoms with E-state index in [2.05, 4.69) is 4.72 Å². The van der Waals surface area contributed by atoms with Gasteiger partial charge in [0.2, 0.25) is 10.0 Å². The zero-order valence-electron chi connectivity index (χ0n) is 10.6. The Kier molecular flexibility index (Phi) is 5.25. The quantitative estimate of drug-likeness (QED) is 0.826. The fourth-order valence-electron chi connectivity index (χ4n) is 1.60. The second kappa shape index (κ2) is 6.26. The van der Waals surface area contributed by atoms with Crippen LogP contribution in [0.15, 0.2) is 23.1 Å². The van der Waals surface area contributed by atoms with Crippen molar-refractivity contribution in [2.75, 3.05) is 6.54 Å². The predicted molar refractivity (Wildman–Crippen MR) is 69.2 cm³/mol. The molecule has 0 heterocycles. The highest BCUT2D eigenvalue weighted by Crippen LogP contribution is 2.14. The first-order valence-corrected chi connectivity index (χ1v) is 7.37. The maximum Gasteiger partial charge on any atom is 0.240 e. The first kappa shape index (κ1) is 15.1. The first-order valence-electron chi connectivity index (χ1n) is 5.89. The molecule has 0 bridgehead atoms. The van der Waals surface area contributed by atoms with Crippen molar-refractivity contribution >= 4 is 10.0 Å². The Balaban J connectivity index is 2.95. The molecule has 4 nitrogen and oxygen atoms in total. The SMILES string of the molecule is CCCC(CN)NS(=O)(=O)c1ccc(C)c(F)c1. The van der Waals surface area contributed by atoms with E-state index in [1.54, 1.807) is 6.92 Å². The monoisotopic (exact) mass is 274 g/mol. The number of sulfonamides is 1. The molecule has 1 unspecified atom stereocenters. The van der Waals surface area contributed by atoms with E-state index in [-0.39, 0.29) is 17.5 Å². The lowest BCUT2D eigenvalue weighted by molar-refractivity contribution is 0.526. The molecule has 0 amide bonds. The van der Waals surface area contributed by atoms with E-state index in [1.165, 1.54) is 12.1 Å². The number of halogens is 1. The molecule has 0 aliphatic rings. The van der Waals surface area contributed by atoms with Gasteiger partial charge in [0.05, 0.1) is 4.90 Å². The molecule has 3 N–H and O–H groups in total. The van der Waals surface area contributed by atoms with Gasteiger partial charge in [-0.1, -0.05) is 19.4 Å². The third-order valence-corrected chi connectivity index (χ3v) is 4.22. The Morgan fingerprint density at radius 2 is 2.11 bits per heavy atom. The Morgan fingerprint density at radius 1 is 1.44 bits per heavy atom. The molecular weight excluding hydrogens is 255 g/mol. The van der Waals surface area contributed by atoms with Crippen molar-refractivity contribution in [1.29, 1.82) is 0 Å². The van der Waals surface area contributed by atoms with E-state index in [0.717, 1.165) is 12.5 Å². The lowest BCUT2D eigenvalue weighted by Gasteiger charge is -2.16. The zero-order chi connectivity index (χ0) is 13.8. The number of hydrogen-bond acceptors (Lipinski definition) is 3. The van der Waals surface area contributed by atoms with Gasteiger partial charge in [0, 0.05) is 12.6 Å². The van der Waals surface area contributed by atoms with E-state index in [9.17, 15) is 12.8 Å². The minimum absolute atomic E-state index is 0.0693. The van der Waals surface area contributed by atoms with Gasteiger partial charge in [0.1, 0.15) is 5.82 Å². The number of hydrogen-bond donors (Lipinski definition) is 2. The van der Waals surface area contributed by atoms with Crippen molar-refractivity contribution in [1.82, 2.24) is 4.72 Å². The van der Waals surface area contributed by atoms with Crippen LogP contribution in [-0.2, 0) is 10.0 Å². The van der Waals surface area contributed by atoms with E-state index >= 15 is 0 Å². The van der Waals surface area contributed by atoms with Gasteiger partial charge in [-0.15, -0.1) is 0 Å². The van der Waals surface area contributed by atoms with Crippen molar-refractivity contribution in [3.8, 4) is 0 Å². The van der Waals surface area contributed by atoms with E-state index < -0.39 is 15.8 Å². The summed E-state index contributed by atoms with van der Waals surface area (Å²) in [5.74, 6) is -0.530. The van der Waals surface area contributed by atoms with E-state index in [0.29, 0.717) is 12.0 Å². The zero-order valence-corrected chi connectivity index (χ0v) is 11.4. The second-order valence-corrected chi connectivity index (χ2v) is 5.97. The lowest BCUT2D eigenvalue weighted by Crippen LogP contribution is -2.40. The van der Waals surface area contributed by atoms with Gasteiger partial charge in [-0.05, 0) is 31.0 Å². The normalized spacial score (nSPS) is 13.6. The van der Waals surface area contributed by atoms with Crippen LogP contribution in [0.5, 0.6) is 0 Å². The summed E-state index contributed by atoms with van der Waals surface area (Å²) in [6, 6.07) is 3.54. The molecule has 1 aromatic rings. The third kappa shape index (κ3) is 3.76. The standard InChI is InChI=1S/C12H19FN2O2S/c1-3-4-10(8-14)15-18(16,17)11-6-5-9(2)12(13)7-11/h5-7,10,15H,3-4,8,14H2,1-2H3. The Morgan fingerprint density at radius 3 is 2.61 bits per heavy atom. The van der Waals surface area contributed by atoms with Crippen LogP contribution in [0.3, 0.4) is 0 Å². The third-order valence-electron chi connectivity index (χ3n) is 2.70. The van der Waals surface area contributed by atoms with Crippen LogP contribution < -0.4 is 10.5 Å². The molecular formula is C12H19FN2O2S. The molecule has 6 heteroatoms. The van der Waals surface area contributed by atoms with Crippen LogP contribution in [0.25, 0.3) is 0 Å². The van der Waals surface area contributed by atoms with Crippen LogP contribution in [-0.4, -0.2) is 21.0 Å². The number of nitrogens with two attached hydrogens (primary N) is 1. The van der Waals surface area contributed by atoms with Gasteiger partial charge in [0.15, 0.2) is 0 Å². The second-order valence-electron chi connectivity index (χ2n) is 4.25. The van der Waals surface area contributed by atoms with Gasteiger partial charge >= 0.3 is 0 Å². The van der Waals surface area contributed by atoms with Crippen LogP contribution in [0.4, 0.5) is 4.39 Å². The van der Waals surface area contributed by atoms with Crippen molar-refractivity contribution < 1.29 is 12.8 Å². The van der Waals surface area contributed by atoms with Gasteiger partial charge in [-0.2, -0.15) is 0 Å². The summed E-state index contributed by atoms with van der Waals surface area (Å²) >= 11 is 0. The summed E-state index contributed by atoms with van der Waals surface area (Å²) in [5.41, 5.74) is 5.91. The molecule has 1 atom stereocenters. The highest BCUT2D eigenvalue weighted by atomic mass is 32.2. The molecule has 102 valence electrons. The highest BCUT2D eigenvalue weighted by molar-refractivity contribution is 7.89. The van der Waals surface area contributed by atoms with E-state index in [1.807, 2.05) is 6.92 Å². The maximum absolute atomic E-state index is 13.4. The lowest BCUT2D eigenvalue weighted by atomic mass is 10.2. The molecule has 0 radical (unpaired) electrons. The Bertz CT molecular complexity index is 503. The Hall–Kier alpha value is -0.980. The molecule has 0 aliphatic heterocycles. The number of aryl methyl sites for hydroxylation is 1. The molecule has 0 saturated heterocycles. The predicted octanol–water partition coefficient (Wildman–Crippen LogP) is 1.54. The van der Waals surface area contributed by atoms with Crippen LogP contribution in [0, 0.1) is 12.7 Å². The highest BCUT2D eigenvalue weighted by Gasteiger charge is 2.19. The summed E-state index contributed by atoms with van der Waals surface area (Å²) in [4.78, 5) is -0.0693. The molecule has 0 aromatic heterocycles. The fourth-order valence-corrected chi connectivity index (χ4v) is 2.90. The molecule has 1 rings (SSSR count). The summed E-state index contributed by atoms with van der Waals surface area (Å²) < 4.78 is 39.9. The average Bonchev–Trinajstić information content (AvgIpc) is 2.31. The number of benzene rings is 1. The minimum Gasteiger partial charge on any atom is -0.329 e. The molecule has 18 heavy (non-hydrogen) atoms. The van der Waals surface area contributed by atoms with Gasteiger partial charge in [-0.3, -0.25) is 0 Å². The number of nitrogens with one attached hydrogen (secondary N) is 1. The summed E-state index contributed by atoms with van der Waals surface area (Å²) in [5, 5.41) is 0. The van der Waals surface area contributed by atoms with Crippen LogP contribution >= 0.6 is 0 Å². The summed E-state index contributed by atoms with van der Waals surface area (Å²) in [7, 11) is -3.70. The van der Waals surface area contributed by atoms with Crippen molar-refractivity contribution in [2.24, 2.45) is 5.73 Å². The number of rotatable bonds is 6. The Labute approximate surface area is 107 Å². The maximum atomic E-state index is 13.4. The topological polar surface area (TPSA) is 72.2 Å². The largest absolute Gasteiger partial charge is 0.329 e.